The molecular weight excluding hydrogens is 1230 g/mol. The molecule has 0 amide bonds. The van der Waals surface area contributed by atoms with Gasteiger partial charge >= 0.3 is 0 Å². The molecule has 3 heterocycles. The monoisotopic (exact) mass is 1340 g/mol. The molecule has 0 bridgehead atoms. The number of imidazole rings is 1. The fourth-order valence-corrected chi connectivity index (χ4v) is 14.2. The van der Waals surface area contributed by atoms with Crippen molar-refractivity contribution in [2.75, 3.05) is 0 Å². The van der Waals surface area contributed by atoms with Crippen molar-refractivity contribution < 1.29 is 82.5 Å². The molecule has 0 radical (unpaired) electrons. The van der Waals surface area contributed by atoms with Gasteiger partial charge in [-0.2, -0.15) is 18.2 Å². The van der Waals surface area contributed by atoms with Gasteiger partial charge in [0.15, 0.2) is 8.07 Å². The average molecular weight is 1340 g/mol. The van der Waals surface area contributed by atoms with Crippen LogP contribution in [0.3, 0.4) is 0 Å². The quantitative estimate of drug-likeness (QED) is 0.0560. The van der Waals surface area contributed by atoms with Crippen LogP contribution >= 0.6 is 0 Å². The summed E-state index contributed by atoms with van der Waals surface area (Å²) in [6.45, 7) is -12.0. The molecule has 0 unspecified atom stereocenters. The Morgan fingerprint density at radius 2 is 1.20 bits per heavy atom. The maximum Gasteiger partial charge on any atom is 0.268 e. The molecule has 1 aliphatic rings. The zero-order valence-corrected chi connectivity index (χ0v) is 48.3. The number of hydrogen-bond donors (Lipinski definition) is 0. The summed E-state index contributed by atoms with van der Waals surface area (Å²) in [5.74, 6) is 0.710. The first-order valence-electron chi connectivity index (χ1n) is 45.2. The molecule has 0 atom stereocenters. The topological polar surface area (TPSA) is 35.9 Å². The van der Waals surface area contributed by atoms with Gasteiger partial charge in [0.25, 0.3) is 6.33 Å². The second kappa shape index (κ2) is 21.7. The second-order valence-electron chi connectivity index (χ2n) is 20.8. The Morgan fingerprint density at radius 3 is 1.88 bits per heavy atom. The predicted molar refractivity (Wildman–Crippen MR) is 348 cm³/mol. The standard InChI is InChI=1S/C78H66N4OSi.Pt/c1-76(2,3)56-44-47-79-74(50-56)82-70-37-18-17-34-66(70)67-42-41-59(52-73(67)82)83-58-26-22-25-57(51-58)80-53-81(72-39-20-19-38-71(72)80)75-64(35-23-36-65(75)55-40-43-68-69(49-55)78(6,7)46-45-77(68,4)5)54-24-21-33-63(48-54)84(60-27-11-8-12-28-60,61-29-13-9-14-30-61)62-31-15-10-16-32-62;/h8-44,47-50H,45-46H2,1-7H3;/q-2;/i4D3,5D3,6D3,7D3,8D,9D,10D,11D,12D,13D,14D,15D,16D,21D,24D,27D,28D,29D,30D,31D,32D,33D,40D,43D,45D2,46D2,48D,49D;. The van der Waals surface area contributed by atoms with E-state index in [0.29, 0.717) is 11.3 Å². The van der Waals surface area contributed by atoms with Crippen LogP contribution in [0, 0.1) is 18.5 Å². The SMILES string of the molecule is [2H]c1c([2H])c([2H])c([Si](c2c([2H])c([2H])c([2H])c([2H])c2[2H])(c2c([2H])c([2H])c([2H])c([2H])c2[2H])c2c([2H])c([2H])c([2H])c(-c3cccc(-c4c([2H])c([2H])c5c(c4[2H])C(C([2H])([2H])[2H])(C([2H])([2H])[2H])C([2H])([2H])C([2H])([2H])C5(C([2H])([2H])[2H])C([2H])([2H])[2H])c3-[n+]3[c-]n(-c4[c-]c(Oc5[c-]c6c(cc5)c5ccccc5n6-c5cc(C(C)(C)C)ccn5)ccc4)c4ccccc43)c2[2H])c([2H])c1[2H].[Pt]. The van der Waals surface area contributed by atoms with Crippen LogP contribution in [0.5, 0.6) is 11.5 Å². The van der Waals surface area contributed by atoms with E-state index in [9.17, 15) is 39.8 Å². The molecule has 420 valence electrons. The Hall–Kier alpha value is -8.67. The van der Waals surface area contributed by atoms with Crippen molar-refractivity contribution in [3.63, 3.8) is 0 Å². The third-order valence-electron chi connectivity index (χ3n) is 14.6. The van der Waals surface area contributed by atoms with Gasteiger partial charge < -0.3 is 13.9 Å². The first-order valence-corrected chi connectivity index (χ1v) is 28.2. The molecule has 0 N–H and O–H groups in total. The fraction of sp³-hybridized carbons (Fsp3) is 0.154. The number of hydrogen-bond acceptors (Lipinski definition) is 2. The molecule has 1 aliphatic carbocycles. The number of para-hydroxylation sites is 4. The van der Waals surface area contributed by atoms with Crippen LogP contribution in [0.2, 0.25) is 0 Å². The fourth-order valence-electron chi connectivity index (χ4n) is 10.7. The average Bonchev–Trinajstić information content (AvgIpc) is 1.11. The zero-order chi connectivity index (χ0) is 90.1. The van der Waals surface area contributed by atoms with Gasteiger partial charge in [0.1, 0.15) is 5.82 Å². The number of nitrogens with zero attached hydrogens (tertiary/aromatic N) is 4. The molecule has 5 nitrogen and oxygen atoms in total. The van der Waals surface area contributed by atoms with Crippen molar-refractivity contribution in [2.45, 2.75) is 77.2 Å². The van der Waals surface area contributed by atoms with Gasteiger partial charge in [0.05, 0.1) is 46.9 Å². The van der Waals surface area contributed by atoms with Crippen LogP contribution in [0.25, 0.3) is 72.3 Å². The van der Waals surface area contributed by atoms with Crippen molar-refractivity contribution in [3.8, 4) is 50.9 Å². The summed E-state index contributed by atoms with van der Waals surface area (Å²) in [6, 6.07) is 4.99. The van der Waals surface area contributed by atoms with Crippen LogP contribution in [0.4, 0.5) is 0 Å². The normalized spacial score (nSPS) is 22.0. The molecule has 13 aromatic rings. The van der Waals surface area contributed by atoms with Crippen LogP contribution in [0.1, 0.15) is 130 Å². The minimum absolute atomic E-state index is 0. The van der Waals surface area contributed by atoms with Gasteiger partial charge in [-0.25, -0.2) is 4.98 Å². The first kappa shape index (κ1) is 27.1. The molecule has 85 heavy (non-hydrogen) atoms. The summed E-state index contributed by atoms with van der Waals surface area (Å²) in [5.41, 5.74) is -15.8. The largest absolute Gasteiger partial charge is 0.510 e. The summed E-state index contributed by atoms with van der Waals surface area (Å²) in [4.78, 5) is 4.77. The number of ether oxygens (including phenoxy) is 1. The van der Waals surface area contributed by atoms with Gasteiger partial charge in [0, 0.05) is 66.2 Å². The summed E-state index contributed by atoms with van der Waals surface area (Å²) in [6.07, 6.45) is -4.78. The molecule has 0 fully saturated rings. The van der Waals surface area contributed by atoms with Gasteiger partial charge in [0.2, 0.25) is 0 Å². The third kappa shape index (κ3) is 9.70. The van der Waals surface area contributed by atoms with Crippen molar-refractivity contribution in [2.24, 2.45) is 0 Å². The summed E-state index contributed by atoms with van der Waals surface area (Å²) in [5, 5.41) is -3.40. The van der Waals surface area contributed by atoms with Gasteiger partial charge in [-0.15, -0.1) is 29.7 Å². The third-order valence-corrected chi connectivity index (χ3v) is 18.6. The van der Waals surface area contributed by atoms with E-state index in [2.05, 4.69) is 39.2 Å². The van der Waals surface area contributed by atoms with E-state index in [-0.39, 0.29) is 54.7 Å². The van der Waals surface area contributed by atoms with Gasteiger partial charge in [-0.1, -0.05) is 247 Å². The Labute approximate surface area is 568 Å². The van der Waals surface area contributed by atoms with E-state index in [0.717, 1.165) is 44.6 Å². The Kier molecular flexibility index (Phi) is 6.94. The van der Waals surface area contributed by atoms with Crippen LogP contribution in [-0.4, -0.2) is 22.2 Å². The van der Waals surface area contributed by atoms with E-state index >= 15 is 0 Å². The van der Waals surface area contributed by atoms with Gasteiger partial charge in [-0.05, 0) is 118 Å². The van der Waals surface area contributed by atoms with E-state index in [4.69, 9.17) is 22.1 Å². The Balaban J connectivity index is 0.0000130. The number of pyridine rings is 1. The molecule has 0 spiro atoms. The summed E-state index contributed by atoms with van der Waals surface area (Å²) >= 11 is 0. The summed E-state index contributed by atoms with van der Waals surface area (Å²) < 4.78 is 371. The molecule has 0 saturated heterocycles. The van der Waals surface area contributed by atoms with E-state index in [1.165, 1.54) is 47.0 Å². The minimum Gasteiger partial charge on any atom is -0.510 e. The number of rotatable bonds is 11. The number of aromatic nitrogens is 4. The first-order chi connectivity index (χ1) is 56.5. The molecule has 14 rings (SSSR count). The Morgan fingerprint density at radius 1 is 0.588 bits per heavy atom. The maximum atomic E-state index is 11.0. The van der Waals surface area contributed by atoms with Crippen LogP contribution < -0.4 is 30.1 Å². The molecule has 10 aromatic carbocycles. The van der Waals surface area contributed by atoms with E-state index in [1.807, 2.05) is 47.0 Å². The van der Waals surface area contributed by atoms with Gasteiger partial charge in [-0.3, -0.25) is 4.57 Å². The zero-order valence-electron chi connectivity index (χ0n) is 83.0. The van der Waals surface area contributed by atoms with Crippen molar-refractivity contribution in [1.82, 2.24) is 14.1 Å². The number of fused-ring (bicyclic) bond motifs is 5. The molecule has 0 aliphatic heterocycles. The van der Waals surface area contributed by atoms with Crippen LogP contribution in [-0.2, 0) is 37.3 Å². The maximum absolute atomic E-state index is 11.0. The molecule has 0 saturated carbocycles. The molecular formula is C78H66N4OPtSi-2. The number of benzene rings is 10. The minimum atomic E-state index is -6.70. The molecule has 3 aromatic heterocycles. The summed E-state index contributed by atoms with van der Waals surface area (Å²) in [7, 11) is -6.70. The van der Waals surface area contributed by atoms with Crippen molar-refractivity contribution >= 4 is 61.7 Å². The van der Waals surface area contributed by atoms with E-state index in [1.54, 1.807) is 12.3 Å². The van der Waals surface area contributed by atoms with Crippen molar-refractivity contribution in [3.05, 3.63) is 283 Å². The predicted octanol–water partition coefficient (Wildman–Crippen LogP) is 15.9. The Bertz CT molecular complexity index is 6390. The smallest absolute Gasteiger partial charge is 0.268 e. The van der Waals surface area contributed by atoms with E-state index < -0.39 is 252 Å². The molecule has 7 heteroatoms. The van der Waals surface area contributed by atoms with Crippen LogP contribution in [0.15, 0.2) is 248 Å². The van der Waals surface area contributed by atoms with Crippen molar-refractivity contribution in [1.29, 1.82) is 0 Å². The second-order valence-corrected chi connectivity index (χ2v) is 24.3.